The molecule has 88 valence electrons. The number of hydrogen-bond donors (Lipinski definition) is 1. The smallest absolute Gasteiger partial charge is 0.256 e. The number of rotatable bonds is 3. The average molecular weight is 248 g/mol. The van der Waals surface area contributed by atoms with Gasteiger partial charge in [0.1, 0.15) is 0 Å². The maximum atomic E-state index is 11.4. The van der Waals surface area contributed by atoms with Crippen LogP contribution in [0.5, 0.6) is 0 Å². The van der Waals surface area contributed by atoms with Gasteiger partial charge in [-0.25, -0.2) is 0 Å². The van der Waals surface area contributed by atoms with Gasteiger partial charge in [0.15, 0.2) is 10.9 Å². The fourth-order valence-electron chi connectivity index (χ4n) is 1.03. The first-order valence-corrected chi connectivity index (χ1v) is 5.34. The number of nitrogens with zero attached hydrogens (tertiary/aromatic N) is 1. The van der Waals surface area contributed by atoms with Crippen LogP contribution in [0.1, 0.15) is 6.92 Å². The quantitative estimate of drug-likeness (QED) is 0.496. The van der Waals surface area contributed by atoms with Gasteiger partial charge in [0.25, 0.3) is 5.56 Å². The summed E-state index contributed by atoms with van der Waals surface area (Å²) in [4.78, 5) is 22.0. The van der Waals surface area contributed by atoms with E-state index in [1.54, 1.807) is 36.7 Å². The van der Waals surface area contributed by atoms with Crippen LogP contribution in [0.25, 0.3) is 0 Å². The van der Waals surface area contributed by atoms with Gasteiger partial charge in [-0.15, -0.1) is 0 Å². The highest BCUT2D eigenvalue weighted by Gasteiger charge is 1.97. The maximum Gasteiger partial charge on any atom is 0.256 e. The highest BCUT2D eigenvalue weighted by atomic mass is 32.1. The summed E-state index contributed by atoms with van der Waals surface area (Å²) in [7, 11) is 0. The van der Waals surface area contributed by atoms with E-state index in [2.05, 4.69) is 5.32 Å². The molecule has 1 heterocycles. The first kappa shape index (κ1) is 13.1. The van der Waals surface area contributed by atoms with Gasteiger partial charge in [0.05, 0.1) is 0 Å². The van der Waals surface area contributed by atoms with Gasteiger partial charge in [0, 0.05) is 18.5 Å². The van der Waals surface area contributed by atoms with E-state index in [1.807, 2.05) is 0 Å². The van der Waals surface area contributed by atoms with Crippen molar-refractivity contribution in [2.45, 2.75) is 6.92 Å². The Morgan fingerprint density at radius 2 is 2.18 bits per heavy atom. The number of thiocarbonyl (C=S) groups is 1. The van der Waals surface area contributed by atoms with E-state index >= 15 is 0 Å². The van der Waals surface area contributed by atoms with Gasteiger partial charge < -0.3 is 5.32 Å². The molecule has 0 radical (unpaired) electrons. The zero-order valence-electron chi connectivity index (χ0n) is 9.29. The van der Waals surface area contributed by atoms with Crippen molar-refractivity contribution in [1.29, 1.82) is 0 Å². The lowest BCUT2D eigenvalue weighted by molar-refractivity contribution is -0.112. The molecule has 0 atom stereocenters. The molecule has 0 saturated heterocycles. The van der Waals surface area contributed by atoms with E-state index in [4.69, 9.17) is 12.2 Å². The second kappa shape index (κ2) is 6.55. The van der Waals surface area contributed by atoms with Crippen molar-refractivity contribution >= 4 is 23.1 Å². The minimum Gasteiger partial charge on any atom is -0.339 e. The van der Waals surface area contributed by atoms with Crippen LogP contribution in [0.2, 0.25) is 0 Å². The number of carbonyl (C=O) groups is 1. The minimum absolute atomic E-state index is 0.0310. The Morgan fingerprint density at radius 3 is 2.82 bits per heavy atom. The lowest BCUT2D eigenvalue weighted by Gasteiger charge is -2.04. The highest BCUT2D eigenvalue weighted by molar-refractivity contribution is 7.80. The van der Waals surface area contributed by atoms with Crippen LogP contribution in [0, 0.1) is 0 Å². The average Bonchev–Trinajstić information content (AvgIpc) is 2.28. The molecular weight excluding hydrogens is 236 g/mol. The molecule has 1 aromatic heterocycles. The lowest BCUT2D eigenvalue weighted by atomic mass is 10.4. The molecule has 0 unspecified atom stereocenters. The molecule has 1 aromatic rings. The third-order valence-electron chi connectivity index (χ3n) is 1.79. The lowest BCUT2D eigenvalue weighted by Crippen LogP contribution is -2.32. The molecule has 4 nitrogen and oxygen atoms in total. The Labute approximate surface area is 104 Å². The Hall–Kier alpha value is -2.01. The van der Waals surface area contributed by atoms with Crippen molar-refractivity contribution in [3.63, 3.8) is 0 Å². The molecule has 5 heteroatoms. The molecule has 0 spiro atoms. The van der Waals surface area contributed by atoms with Crippen LogP contribution in [0.15, 0.2) is 53.6 Å². The second-order valence-corrected chi connectivity index (χ2v) is 3.57. The van der Waals surface area contributed by atoms with Crippen LogP contribution >= 0.6 is 12.2 Å². The zero-order chi connectivity index (χ0) is 12.7. The number of nitrogens with one attached hydrogen (secondary N) is 1. The number of ketones is 1. The van der Waals surface area contributed by atoms with Gasteiger partial charge in [0.2, 0.25) is 0 Å². The van der Waals surface area contributed by atoms with Gasteiger partial charge in [-0.3, -0.25) is 14.2 Å². The van der Waals surface area contributed by atoms with Crippen molar-refractivity contribution in [3.8, 4) is 0 Å². The normalized spacial score (nSPS) is 10.9. The van der Waals surface area contributed by atoms with E-state index in [-0.39, 0.29) is 16.5 Å². The Kier molecular flexibility index (Phi) is 5.03. The summed E-state index contributed by atoms with van der Waals surface area (Å²) in [6.45, 7) is 1.46. The Bertz CT molecular complexity index is 529. The van der Waals surface area contributed by atoms with Crippen LogP contribution in [-0.2, 0) is 4.79 Å². The summed E-state index contributed by atoms with van der Waals surface area (Å²) < 4.78 is 1.31. The van der Waals surface area contributed by atoms with Crippen LogP contribution < -0.4 is 10.9 Å². The topological polar surface area (TPSA) is 51.1 Å². The fraction of sp³-hybridized carbons (Fsp3) is 0.0833. The van der Waals surface area contributed by atoms with Crippen molar-refractivity contribution in [2.75, 3.05) is 0 Å². The largest absolute Gasteiger partial charge is 0.339 e. The van der Waals surface area contributed by atoms with Crippen LogP contribution in [0.4, 0.5) is 0 Å². The first-order chi connectivity index (χ1) is 8.11. The van der Waals surface area contributed by atoms with E-state index in [9.17, 15) is 9.59 Å². The van der Waals surface area contributed by atoms with Crippen LogP contribution in [0.3, 0.4) is 0 Å². The molecule has 1 rings (SSSR count). The molecule has 0 aliphatic rings. The molecule has 0 aliphatic carbocycles. The summed E-state index contributed by atoms with van der Waals surface area (Å²) in [5.41, 5.74) is -0.197. The standard InChI is InChI=1S/C12H12N2O2S/c1-10(15)6-2-4-8-13-12(17)14-9-5-3-7-11(14)16/h2-9H,1H3,(H,13,17)/b6-2-,8-4-. The van der Waals surface area contributed by atoms with Crippen molar-refractivity contribution in [3.05, 3.63) is 59.2 Å². The molecule has 0 aliphatic heterocycles. The number of carbonyl (C=O) groups excluding carboxylic acids is 1. The monoisotopic (exact) mass is 248 g/mol. The van der Waals surface area contributed by atoms with Crippen LogP contribution in [-0.4, -0.2) is 15.5 Å². The van der Waals surface area contributed by atoms with Crippen molar-refractivity contribution in [2.24, 2.45) is 0 Å². The van der Waals surface area contributed by atoms with Crippen molar-refractivity contribution in [1.82, 2.24) is 9.88 Å². The molecule has 0 fully saturated rings. The highest BCUT2D eigenvalue weighted by Crippen LogP contribution is 1.83. The molecular formula is C12H12N2O2S. The van der Waals surface area contributed by atoms with E-state index in [0.29, 0.717) is 0 Å². The fourth-order valence-corrected chi connectivity index (χ4v) is 1.25. The predicted molar refractivity (Wildman–Crippen MR) is 70.8 cm³/mol. The summed E-state index contributed by atoms with van der Waals surface area (Å²) >= 11 is 5.02. The van der Waals surface area contributed by atoms with Crippen molar-refractivity contribution < 1.29 is 4.79 Å². The summed E-state index contributed by atoms with van der Waals surface area (Å²) in [5, 5.41) is 3.05. The number of pyridine rings is 1. The maximum absolute atomic E-state index is 11.4. The third-order valence-corrected chi connectivity index (χ3v) is 2.10. The van der Waals surface area contributed by atoms with Gasteiger partial charge in [-0.1, -0.05) is 12.1 Å². The predicted octanol–water partition coefficient (Wildman–Crippen LogP) is 1.23. The van der Waals surface area contributed by atoms with Gasteiger partial charge >= 0.3 is 0 Å². The van der Waals surface area contributed by atoms with Gasteiger partial charge in [-0.05, 0) is 37.4 Å². The minimum atomic E-state index is -0.197. The zero-order valence-corrected chi connectivity index (χ0v) is 10.1. The van der Waals surface area contributed by atoms with E-state index < -0.39 is 0 Å². The van der Waals surface area contributed by atoms with Gasteiger partial charge in [-0.2, -0.15) is 0 Å². The molecule has 0 aromatic carbocycles. The molecule has 0 amide bonds. The number of aromatic nitrogens is 1. The molecule has 0 bridgehead atoms. The Balaban J connectivity index is 2.60. The van der Waals surface area contributed by atoms with E-state index in [1.165, 1.54) is 23.6 Å². The molecule has 0 saturated carbocycles. The number of allylic oxidation sites excluding steroid dienone is 3. The van der Waals surface area contributed by atoms with E-state index in [0.717, 1.165) is 0 Å². The Morgan fingerprint density at radius 1 is 1.41 bits per heavy atom. The SMILES string of the molecule is CC(=O)/C=C\C=C/NC(=S)n1ccccc1=O. The summed E-state index contributed by atoms with van der Waals surface area (Å²) in [6, 6.07) is 4.79. The summed E-state index contributed by atoms with van der Waals surface area (Å²) in [6.07, 6.45) is 7.78. The second-order valence-electron chi connectivity index (χ2n) is 3.19. The number of hydrogen-bond acceptors (Lipinski definition) is 3. The molecule has 17 heavy (non-hydrogen) atoms. The first-order valence-electron chi connectivity index (χ1n) is 4.93. The summed E-state index contributed by atoms with van der Waals surface area (Å²) in [5.74, 6) is -0.0310. The third kappa shape index (κ3) is 4.56. The molecule has 1 N–H and O–H groups in total.